The largest absolute Gasteiger partial charge is 0.497 e. The molecule has 0 saturated carbocycles. The van der Waals surface area contributed by atoms with Crippen molar-refractivity contribution in [1.82, 2.24) is 10.7 Å². The number of benzene rings is 3. The number of amides is 1. The van der Waals surface area contributed by atoms with Gasteiger partial charge in [0, 0.05) is 17.7 Å². The first kappa shape index (κ1) is 24.0. The highest BCUT2D eigenvalue weighted by Gasteiger charge is 2.29. The molecule has 0 spiro atoms. The first-order valence-electron chi connectivity index (χ1n) is 10.7. The summed E-state index contributed by atoms with van der Waals surface area (Å²) in [6, 6.07) is 18.5. The Hall–Kier alpha value is -4.19. The standard InChI is InChI=1S/C24H24N4O7/c1-33-22-9-10-23-19(14-22)16-27(26(23)15-17-3-2-4-20(13-17)28(31)32)35-12-11-34-21-7-5-18(6-8-21)24(29)25-30/h2-10,13-14,30H,11-12,15-16H2,1H3,(H,25,29). The van der Waals surface area contributed by atoms with Crippen molar-refractivity contribution in [1.29, 1.82) is 0 Å². The van der Waals surface area contributed by atoms with Gasteiger partial charge in [0.05, 0.1) is 30.8 Å². The van der Waals surface area contributed by atoms with Gasteiger partial charge in [-0.05, 0) is 53.6 Å². The Balaban J connectivity index is 1.42. The molecule has 1 aliphatic heterocycles. The number of fused-ring (bicyclic) bond motifs is 1. The molecule has 0 radical (unpaired) electrons. The fourth-order valence-electron chi connectivity index (χ4n) is 3.71. The van der Waals surface area contributed by atoms with Crippen molar-refractivity contribution in [3.05, 3.63) is 93.5 Å². The highest BCUT2D eigenvalue weighted by molar-refractivity contribution is 5.93. The quantitative estimate of drug-likeness (QED) is 0.194. The molecule has 1 heterocycles. The van der Waals surface area contributed by atoms with Crippen LogP contribution in [-0.4, -0.2) is 41.5 Å². The molecule has 3 aromatic carbocycles. The van der Waals surface area contributed by atoms with Gasteiger partial charge in [0.15, 0.2) is 0 Å². The number of carbonyl (C=O) groups is 1. The highest BCUT2D eigenvalue weighted by atomic mass is 16.7. The van der Waals surface area contributed by atoms with Crippen molar-refractivity contribution < 1.29 is 29.2 Å². The summed E-state index contributed by atoms with van der Waals surface area (Å²) in [6.45, 7) is 1.31. The second-order valence-corrected chi connectivity index (χ2v) is 7.64. The van der Waals surface area contributed by atoms with Crippen LogP contribution in [0.1, 0.15) is 21.5 Å². The predicted octanol–water partition coefficient (Wildman–Crippen LogP) is 3.47. The van der Waals surface area contributed by atoms with Crippen LogP contribution in [0.15, 0.2) is 66.7 Å². The van der Waals surface area contributed by atoms with Crippen molar-refractivity contribution in [3.8, 4) is 11.5 Å². The molecule has 4 rings (SSSR count). The van der Waals surface area contributed by atoms with Crippen LogP contribution in [0.25, 0.3) is 0 Å². The van der Waals surface area contributed by atoms with Gasteiger partial charge >= 0.3 is 0 Å². The lowest BCUT2D eigenvalue weighted by Gasteiger charge is -2.29. The molecule has 2 N–H and O–H groups in total. The Morgan fingerprint density at radius 2 is 1.86 bits per heavy atom. The molecule has 0 atom stereocenters. The third kappa shape index (κ3) is 5.66. The number of nitrogens with zero attached hydrogens (tertiary/aromatic N) is 3. The van der Waals surface area contributed by atoms with Gasteiger partial charge in [-0.2, -0.15) is 0 Å². The van der Waals surface area contributed by atoms with Crippen LogP contribution in [0.4, 0.5) is 11.4 Å². The summed E-state index contributed by atoms with van der Waals surface area (Å²) in [7, 11) is 1.60. The SMILES string of the molecule is COc1ccc2c(c1)CN(OCCOc1ccc(C(=O)NO)cc1)N2Cc1cccc([N+](=O)[O-])c1. The molecule has 11 nitrogen and oxygen atoms in total. The minimum Gasteiger partial charge on any atom is -0.497 e. The molecule has 1 amide bonds. The fourth-order valence-corrected chi connectivity index (χ4v) is 3.71. The molecule has 0 aliphatic carbocycles. The number of carbonyl (C=O) groups excluding carboxylic acids is 1. The van der Waals surface area contributed by atoms with E-state index in [1.807, 2.05) is 29.3 Å². The third-order valence-electron chi connectivity index (χ3n) is 5.40. The first-order valence-corrected chi connectivity index (χ1v) is 10.7. The summed E-state index contributed by atoms with van der Waals surface area (Å²) in [6.07, 6.45) is 0. The maximum atomic E-state index is 11.4. The number of hydrazine groups is 1. The number of nitro benzene ring substituents is 1. The number of hydrogen-bond acceptors (Lipinski definition) is 9. The monoisotopic (exact) mass is 480 g/mol. The van der Waals surface area contributed by atoms with Crippen molar-refractivity contribution in [2.75, 3.05) is 25.3 Å². The molecule has 11 heteroatoms. The van der Waals surface area contributed by atoms with E-state index in [0.29, 0.717) is 24.4 Å². The number of nitrogens with one attached hydrogen (secondary N) is 1. The smallest absolute Gasteiger partial charge is 0.274 e. The number of ether oxygens (including phenoxy) is 2. The number of anilines is 1. The van der Waals surface area contributed by atoms with E-state index in [-0.39, 0.29) is 18.9 Å². The average Bonchev–Trinajstić information content (AvgIpc) is 3.22. The first-order chi connectivity index (χ1) is 17.0. The normalized spacial score (nSPS) is 12.8. The van der Waals surface area contributed by atoms with E-state index in [1.54, 1.807) is 42.0 Å². The summed E-state index contributed by atoms with van der Waals surface area (Å²) in [4.78, 5) is 28.2. The second kappa shape index (κ2) is 10.8. The number of methoxy groups -OCH3 is 1. The number of hydrogen-bond donors (Lipinski definition) is 2. The van der Waals surface area contributed by atoms with Gasteiger partial charge in [-0.1, -0.05) is 17.3 Å². The summed E-state index contributed by atoms with van der Waals surface area (Å²) in [5, 5.41) is 23.5. The van der Waals surface area contributed by atoms with Gasteiger partial charge < -0.3 is 9.47 Å². The highest BCUT2D eigenvalue weighted by Crippen LogP contribution is 2.35. The molecule has 3 aromatic rings. The van der Waals surface area contributed by atoms with Gasteiger partial charge in [-0.25, -0.2) is 5.48 Å². The van der Waals surface area contributed by atoms with Crippen molar-refractivity contribution in [2.24, 2.45) is 0 Å². The van der Waals surface area contributed by atoms with E-state index < -0.39 is 10.8 Å². The second-order valence-electron chi connectivity index (χ2n) is 7.64. The van der Waals surface area contributed by atoms with Crippen LogP contribution in [0, 0.1) is 10.1 Å². The van der Waals surface area contributed by atoms with E-state index in [9.17, 15) is 14.9 Å². The maximum Gasteiger partial charge on any atom is 0.274 e. The summed E-state index contributed by atoms with van der Waals surface area (Å²) in [5.41, 5.74) is 4.58. The van der Waals surface area contributed by atoms with E-state index in [1.165, 1.54) is 18.2 Å². The molecule has 0 saturated heterocycles. The van der Waals surface area contributed by atoms with Crippen LogP contribution >= 0.6 is 0 Å². The van der Waals surface area contributed by atoms with Gasteiger partial charge in [0.2, 0.25) is 0 Å². The number of non-ortho nitro benzene ring substituents is 1. The third-order valence-corrected chi connectivity index (χ3v) is 5.40. The predicted molar refractivity (Wildman–Crippen MR) is 125 cm³/mol. The Bertz CT molecular complexity index is 1200. The zero-order valence-corrected chi connectivity index (χ0v) is 18.9. The molecule has 0 bridgehead atoms. The molecule has 0 unspecified atom stereocenters. The zero-order valence-electron chi connectivity index (χ0n) is 18.9. The number of nitro groups is 1. The van der Waals surface area contributed by atoms with Crippen LogP contribution in [0.5, 0.6) is 11.5 Å². The lowest BCUT2D eigenvalue weighted by molar-refractivity contribution is -0.384. The van der Waals surface area contributed by atoms with Crippen molar-refractivity contribution in [2.45, 2.75) is 13.1 Å². The Morgan fingerprint density at radius 1 is 1.09 bits per heavy atom. The van der Waals surface area contributed by atoms with Crippen LogP contribution in [0.3, 0.4) is 0 Å². The molecule has 1 aliphatic rings. The average molecular weight is 480 g/mol. The molecular weight excluding hydrogens is 456 g/mol. The fraction of sp³-hybridized carbons (Fsp3) is 0.208. The number of hydroxylamine groups is 2. The topological polar surface area (TPSA) is 127 Å². The maximum absolute atomic E-state index is 11.4. The summed E-state index contributed by atoms with van der Waals surface area (Å²) in [5.74, 6) is 0.669. The van der Waals surface area contributed by atoms with Crippen molar-refractivity contribution in [3.63, 3.8) is 0 Å². The molecule has 182 valence electrons. The summed E-state index contributed by atoms with van der Waals surface area (Å²) >= 11 is 0. The van der Waals surface area contributed by atoms with Gasteiger partial charge in [-0.15, -0.1) is 0 Å². The molecular formula is C24H24N4O7. The van der Waals surface area contributed by atoms with Gasteiger partial charge in [0.25, 0.3) is 11.6 Å². The van der Waals surface area contributed by atoms with Crippen molar-refractivity contribution >= 4 is 17.3 Å². The minimum atomic E-state index is -0.603. The Kier molecular flexibility index (Phi) is 7.41. The van der Waals surface area contributed by atoms with E-state index in [0.717, 1.165) is 22.6 Å². The minimum absolute atomic E-state index is 0.0278. The van der Waals surface area contributed by atoms with Crippen LogP contribution in [-0.2, 0) is 17.9 Å². The lowest BCUT2D eigenvalue weighted by atomic mass is 10.1. The molecule has 0 aromatic heterocycles. The Morgan fingerprint density at radius 3 is 2.57 bits per heavy atom. The Labute approximate surface area is 201 Å². The van der Waals surface area contributed by atoms with E-state index >= 15 is 0 Å². The zero-order chi connectivity index (χ0) is 24.8. The van der Waals surface area contributed by atoms with Crippen LogP contribution < -0.4 is 20.0 Å². The lowest BCUT2D eigenvalue weighted by Crippen LogP contribution is -2.38. The van der Waals surface area contributed by atoms with E-state index in [4.69, 9.17) is 19.5 Å². The summed E-state index contributed by atoms with van der Waals surface area (Å²) < 4.78 is 11.0. The van der Waals surface area contributed by atoms with Crippen LogP contribution in [0.2, 0.25) is 0 Å². The van der Waals surface area contributed by atoms with Gasteiger partial charge in [-0.3, -0.25) is 30.0 Å². The van der Waals surface area contributed by atoms with E-state index in [2.05, 4.69) is 0 Å². The number of rotatable bonds is 10. The van der Waals surface area contributed by atoms with Gasteiger partial charge in [0.1, 0.15) is 24.7 Å². The molecule has 0 fully saturated rings. The molecule has 35 heavy (non-hydrogen) atoms.